The van der Waals surface area contributed by atoms with Gasteiger partial charge >= 0.3 is 0 Å². The van der Waals surface area contributed by atoms with Crippen LogP contribution in [0.4, 0.5) is 11.4 Å². The minimum absolute atomic E-state index is 0.0292. The fraction of sp³-hybridized carbons (Fsp3) is 0. The van der Waals surface area contributed by atoms with E-state index in [-0.39, 0.29) is 19.8 Å². The standard InChI is InChI=1S/C24H18Cl2N2O4S4/c25-17-9-1-7-15-23(17)35(29,30)27-19-11-3-5-13-21(19)33-34-22-14-6-4-12-20(22)28-36(31,32)24-16-8-2-10-18(24)26/h1-16,27-28H. The van der Waals surface area contributed by atoms with Gasteiger partial charge in [-0.05, 0) is 48.5 Å². The summed E-state index contributed by atoms with van der Waals surface area (Å²) >= 11 is 12.2. The topological polar surface area (TPSA) is 92.3 Å². The molecule has 4 aromatic rings. The highest BCUT2D eigenvalue weighted by atomic mass is 35.5. The lowest BCUT2D eigenvalue weighted by Crippen LogP contribution is -2.14. The molecule has 6 nitrogen and oxygen atoms in total. The predicted molar refractivity (Wildman–Crippen MR) is 149 cm³/mol. The van der Waals surface area contributed by atoms with Crippen molar-refractivity contribution in [3.8, 4) is 0 Å². The van der Waals surface area contributed by atoms with Crippen molar-refractivity contribution in [1.29, 1.82) is 0 Å². The molecule has 0 radical (unpaired) electrons. The molecule has 0 bridgehead atoms. The van der Waals surface area contributed by atoms with E-state index in [2.05, 4.69) is 9.44 Å². The number of halogens is 2. The molecule has 0 aliphatic heterocycles. The number of nitrogens with one attached hydrogen (secondary N) is 2. The lowest BCUT2D eigenvalue weighted by Gasteiger charge is -2.15. The summed E-state index contributed by atoms with van der Waals surface area (Å²) in [6.07, 6.45) is 0. The molecule has 4 aromatic carbocycles. The van der Waals surface area contributed by atoms with Crippen molar-refractivity contribution in [3.05, 3.63) is 107 Å². The minimum Gasteiger partial charge on any atom is -0.278 e. The highest BCUT2D eigenvalue weighted by Gasteiger charge is 2.21. The highest BCUT2D eigenvalue weighted by Crippen LogP contribution is 2.44. The summed E-state index contributed by atoms with van der Waals surface area (Å²) in [6.45, 7) is 0. The van der Waals surface area contributed by atoms with Crippen LogP contribution >= 0.6 is 44.8 Å². The average Bonchev–Trinajstić information content (AvgIpc) is 2.84. The van der Waals surface area contributed by atoms with Gasteiger partial charge in [-0.15, -0.1) is 0 Å². The molecular formula is C24H18Cl2N2O4S4. The summed E-state index contributed by atoms with van der Waals surface area (Å²) in [5.41, 5.74) is 0.730. The maximum atomic E-state index is 12.9. The van der Waals surface area contributed by atoms with Crippen molar-refractivity contribution in [2.24, 2.45) is 0 Å². The number of hydrogen-bond acceptors (Lipinski definition) is 6. The van der Waals surface area contributed by atoms with Gasteiger partial charge < -0.3 is 0 Å². The molecule has 0 unspecified atom stereocenters. The third-order valence-electron chi connectivity index (χ3n) is 4.74. The van der Waals surface area contributed by atoms with E-state index in [1.807, 2.05) is 0 Å². The van der Waals surface area contributed by atoms with Crippen molar-refractivity contribution in [2.75, 3.05) is 9.44 Å². The van der Waals surface area contributed by atoms with Gasteiger partial charge in [-0.3, -0.25) is 9.44 Å². The molecular weight excluding hydrogens is 579 g/mol. The van der Waals surface area contributed by atoms with E-state index >= 15 is 0 Å². The number of para-hydroxylation sites is 2. The molecule has 0 atom stereocenters. The third-order valence-corrected chi connectivity index (χ3v) is 10.9. The molecule has 0 aliphatic carbocycles. The van der Waals surface area contributed by atoms with Crippen LogP contribution in [0.15, 0.2) is 117 Å². The number of benzene rings is 4. The van der Waals surface area contributed by atoms with E-state index in [9.17, 15) is 16.8 Å². The van der Waals surface area contributed by atoms with Crippen molar-refractivity contribution < 1.29 is 16.8 Å². The Labute approximate surface area is 227 Å². The van der Waals surface area contributed by atoms with Gasteiger partial charge in [0.15, 0.2) is 0 Å². The van der Waals surface area contributed by atoms with Gasteiger partial charge in [0, 0.05) is 9.79 Å². The summed E-state index contributed by atoms with van der Waals surface area (Å²) in [6, 6.07) is 26.2. The van der Waals surface area contributed by atoms with Crippen molar-refractivity contribution in [2.45, 2.75) is 19.6 Å². The Bertz CT molecular complexity index is 1490. The predicted octanol–water partition coefficient (Wildman–Crippen LogP) is 7.39. The first-order valence-electron chi connectivity index (χ1n) is 10.2. The molecule has 0 spiro atoms. The molecule has 4 rings (SSSR count). The van der Waals surface area contributed by atoms with Crippen LogP contribution in [0, 0.1) is 0 Å². The Morgan fingerprint density at radius 2 is 0.833 bits per heavy atom. The molecule has 0 aromatic heterocycles. The Kier molecular flexibility index (Phi) is 8.44. The SMILES string of the molecule is O=S(=O)(Nc1ccccc1SSc1ccccc1NS(=O)(=O)c1ccccc1Cl)c1ccccc1Cl. The van der Waals surface area contributed by atoms with Crippen LogP contribution in [0.2, 0.25) is 10.0 Å². The number of anilines is 2. The van der Waals surface area contributed by atoms with Crippen molar-refractivity contribution >= 4 is 76.2 Å². The second-order valence-electron chi connectivity index (χ2n) is 7.23. The fourth-order valence-electron chi connectivity index (χ4n) is 3.06. The molecule has 0 fully saturated rings. The normalized spacial score (nSPS) is 11.7. The van der Waals surface area contributed by atoms with Crippen LogP contribution < -0.4 is 9.44 Å². The van der Waals surface area contributed by atoms with E-state index in [4.69, 9.17) is 23.2 Å². The highest BCUT2D eigenvalue weighted by molar-refractivity contribution is 8.76. The molecule has 0 saturated heterocycles. The summed E-state index contributed by atoms with van der Waals surface area (Å²) in [5, 5.41) is 0.230. The quantitative estimate of drug-likeness (QED) is 0.196. The molecule has 2 N–H and O–H groups in total. The first-order valence-corrected chi connectivity index (χ1v) is 16.1. The molecule has 0 amide bonds. The second kappa shape index (κ2) is 11.4. The summed E-state index contributed by atoms with van der Waals surface area (Å²) in [7, 11) is -5.30. The van der Waals surface area contributed by atoms with E-state index in [0.29, 0.717) is 21.2 Å². The zero-order valence-corrected chi connectivity index (χ0v) is 23.0. The Morgan fingerprint density at radius 1 is 0.500 bits per heavy atom. The first kappa shape index (κ1) is 26.7. The van der Waals surface area contributed by atoms with E-state index in [1.54, 1.807) is 72.8 Å². The van der Waals surface area contributed by atoms with Gasteiger partial charge in [-0.25, -0.2) is 16.8 Å². The molecule has 12 heteroatoms. The van der Waals surface area contributed by atoms with Crippen LogP contribution in [0.5, 0.6) is 0 Å². The van der Waals surface area contributed by atoms with E-state index in [0.717, 1.165) is 0 Å². The largest absolute Gasteiger partial charge is 0.278 e. The average molecular weight is 598 g/mol. The lowest BCUT2D eigenvalue weighted by molar-refractivity contribution is 0.599. The van der Waals surface area contributed by atoms with E-state index < -0.39 is 20.0 Å². The Morgan fingerprint density at radius 3 is 1.22 bits per heavy atom. The van der Waals surface area contributed by atoms with Gasteiger partial charge in [0.1, 0.15) is 9.79 Å². The van der Waals surface area contributed by atoms with Crippen LogP contribution in [0.1, 0.15) is 0 Å². The van der Waals surface area contributed by atoms with Gasteiger partial charge in [-0.1, -0.05) is 93.3 Å². The summed E-state index contributed by atoms with van der Waals surface area (Å²) in [4.78, 5) is 1.20. The molecule has 0 heterocycles. The number of rotatable bonds is 9. The van der Waals surface area contributed by atoms with Crippen LogP contribution in [-0.2, 0) is 20.0 Å². The Balaban J connectivity index is 1.56. The Hall–Kier alpha value is -2.34. The van der Waals surface area contributed by atoms with Crippen LogP contribution in [-0.4, -0.2) is 16.8 Å². The van der Waals surface area contributed by atoms with Crippen LogP contribution in [0.3, 0.4) is 0 Å². The maximum Gasteiger partial charge on any atom is 0.263 e. The van der Waals surface area contributed by atoms with Crippen molar-refractivity contribution in [1.82, 2.24) is 0 Å². The summed E-state index contributed by atoms with van der Waals surface area (Å²) in [5.74, 6) is 0. The van der Waals surface area contributed by atoms with Gasteiger partial charge in [0.2, 0.25) is 0 Å². The smallest absolute Gasteiger partial charge is 0.263 e. The van der Waals surface area contributed by atoms with Gasteiger partial charge in [-0.2, -0.15) is 0 Å². The monoisotopic (exact) mass is 596 g/mol. The first-order chi connectivity index (χ1) is 17.2. The zero-order valence-electron chi connectivity index (χ0n) is 18.3. The van der Waals surface area contributed by atoms with Crippen LogP contribution in [0.25, 0.3) is 0 Å². The number of sulfonamides is 2. The minimum atomic E-state index is -3.93. The summed E-state index contributed by atoms with van der Waals surface area (Å²) < 4.78 is 56.9. The zero-order chi connectivity index (χ0) is 25.8. The number of hydrogen-bond donors (Lipinski definition) is 2. The molecule has 0 aliphatic rings. The molecule has 0 saturated carbocycles. The molecule has 36 heavy (non-hydrogen) atoms. The fourth-order valence-corrected chi connectivity index (χ4v) is 8.67. The van der Waals surface area contributed by atoms with Crippen molar-refractivity contribution in [3.63, 3.8) is 0 Å². The maximum absolute atomic E-state index is 12.9. The van der Waals surface area contributed by atoms with Gasteiger partial charge in [0.05, 0.1) is 21.4 Å². The second-order valence-corrected chi connectivity index (χ2v) is 13.6. The third kappa shape index (κ3) is 6.31. The van der Waals surface area contributed by atoms with Gasteiger partial charge in [0.25, 0.3) is 20.0 Å². The molecule has 186 valence electrons. The lowest BCUT2D eigenvalue weighted by atomic mass is 10.3. The van der Waals surface area contributed by atoms with E-state index in [1.165, 1.54) is 45.9 Å².